The van der Waals surface area contributed by atoms with Gasteiger partial charge in [-0.3, -0.25) is 4.98 Å². The number of hydrogen-bond donors (Lipinski definition) is 0. The number of anilines is 3. The molecular weight excluding hydrogens is 328 g/mol. The normalized spacial score (nSPS) is 17.6. The molecule has 2 aromatic heterocycles. The molecule has 0 saturated carbocycles. The van der Waals surface area contributed by atoms with Crippen LogP contribution in [0.3, 0.4) is 0 Å². The van der Waals surface area contributed by atoms with Crippen LogP contribution >= 0.6 is 0 Å². The number of rotatable bonds is 3. The molecule has 2 aliphatic rings. The molecule has 26 heavy (non-hydrogen) atoms. The summed E-state index contributed by atoms with van der Waals surface area (Å²) >= 11 is 0. The summed E-state index contributed by atoms with van der Waals surface area (Å²) in [6, 6.07) is 4.12. The van der Waals surface area contributed by atoms with Crippen LogP contribution in [-0.2, 0) is 17.6 Å². The minimum atomic E-state index is 0.743. The van der Waals surface area contributed by atoms with E-state index in [0.29, 0.717) is 0 Å². The molecule has 2 aliphatic heterocycles. The van der Waals surface area contributed by atoms with Gasteiger partial charge in [0, 0.05) is 58.5 Å². The van der Waals surface area contributed by atoms with Crippen LogP contribution in [0.2, 0.25) is 0 Å². The topological polar surface area (TPSA) is 57.6 Å². The van der Waals surface area contributed by atoms with Gasteiger partial charge < -0.3 is 19.4 Å². The molecular formula is C19H26N6O. The lowest BCUT2D eigenvalue weighted by molar-refractivity contribution is 0.122. The smallest absolute Gasteiger partial charge is 0.227 e. The van der Waals surface area contributed by atoms with Crippen molar-refractivity contribution >= 4 is 17.5 Å². The maximum atomic E-state index is 5.47. The first-order chi connectivity index (χ1) is 12.7. The maximum Gasteiger partial charge on any atom is 0.227 e. The predicted molar refractivity (Wildman–Crippen MR) is 103 cm³/mol. The average molecular weight is 354 g/mol. The van der Waals surface area contributed by atoms with Crippen LogP contribution in [0.5, 0.6) is 0 Å². The Morgan fingerprint density at radius 1 is 1.00 bits per heavy atom. The van der Waals surface area contributed by atoms with E-state index in [1.807, 2.05) is 18.5 Å². The molecule has 0 atom stereocenters. The monoisotopic (exact) mass is 354 g/mol. The minimum absolute atomic E-state index is 0.743. The fourth-order valence-electron chi connectivity index (χ4n) is 3.64. The summed E-state index contributed by atoms with van der Waals surface area (Å²) in [7, 11) is 4.13. The molecule has 0 spiro atoms. The van der Waals surface area contributed by atoms with Gasteiger partial charge in [-0.1, -0.05) is 0 Å². The first-order valence-electron chi connectivity index (χ1n) is 9.27. The summed E-state index contributed by atoms with van der Waals surface area (Å²) in [5, 5.41) is 0. The van der Waals surface area contributed by atoms with Crippen molar-refractivity contribution in [1.29, 1.82) is 0 Å². The molecule has 0 radical (unpaired) electrons. The minimum Gasteiger partial charge on any atom is -0.378 e. The molecule has 0 amide bonds. The van der Waals surface area contributed by atoms with Crippen LogP contribution in [-0.4, -0.2) is 68.4 Å². The van der Waals surface area contributed by atoms with Crippen LogP contribution in [0.15, 0.2) is 24.5 Å². The molecule has 4 heterocycles. The van der Waals surface area contributed by atoms with Crippen LogP contribution < -0.4 is 14.7 Å². The second kappa shape index (κ2) is 7.45. The molecule has 7 heteroatoms. The van der Waals surface area contributed by atoms with Gasteiger partial charge in [0.25, 0.3) is 0 Å². The second-order valence-corrected chi connectivity index (χ2v) is 6.96. The summed E-state index contributed by atoms with van der Waals surface area (Å²) in [6.45, 7) is 5.10. The van der Waals surface area contributed by atoms with E-state index < -0.39 is 0 Å². The van der Waals surface area contributed by atoms with E-state index in [9.17, 15) is 0 Å². The van der Waals surface area contributed by atoms with E-state index in [4.69, 9.17) is 14.7 Å². The number of morpholine rings is 1. The Morgan fingerprint density at radius 3 is 2.54 bits per heavy atom. The highest BCUT2D eigenvalue weighted by molar-refractivity contribution is 5.55. The Morgan fingerprint density at radius 2 is 1.81 bits per heavy atom. The third kappa shape index (κ3) is 3.44. The lowest BCUT2D eigenvalue weighted by atomic mass is 10.1. The average Bonchev–Trinajstić information content (AvgIpc) is 2.91. The van der Waals surface area contributed by atoms with Gasteiger partial charge in [0.2, 0.25) is 5.95 Å². The van der Waals surface area contributed by atoms with E-state index in [1.165, 1.54) is 16.9 Å². The van der Waals surface area contributed by atoms with E-state index in [1.54, 1.807) is 0 Å². The fraction of sp³-hybridized carbons (Fsp3) is 0.526. The number of nitrogens with zero attached hydrogens (tertiary/aromatic N) is 6. The SMILES string of the molecule is CN(C)c1nc(N2CCOCC2)nc2c1CCN(c1cccnc1)CC2. The molecule has 138 valence electrons. The standard InChI is InChI=1S/C19H26N6O/c1-23(2)18-16-5-8-24(15-4-3-7-20-14-15)9-6-17(16)21-19(22-18)25-10-12-26-13-11-25/h3-4,7,14H,5-6,8-13H2,1-2H3. The third-order valence-electron chi connectivity index (χ3n) is 5.04. The van der Waals surface area contributed by atoms with Gasteiger partial charge >= 0.3 is 0 Å². The van der Waals surface area contributed by atoms with Crippen LogP contribution in [0, 0.1) is 0 Å². The van der Waals surface area contributed by atoms with Crippen molar-refractivity contribution < 1.29 is 4.74 Å². The number of pyridine rings is 1. The van der Waals surface area contributed by atoms with Gasteiger partial charge in [0.05, 0.1) is 30.8 Å². The Kier molecular flexibility index (Phi) is 4.88. The highest BCUT2D eigenvalue weighted by atomic mass is 16.5. The van der Waals surface area contributed by atoms with E-state index >= 15 is 0 Å². The lowest BCUT2D eigenvalue weighted by Gasteiger charge is -2.28. The molecule has 0 aliphatic carbocycles. The van der Waals surface area contributed by atoms with Crippen LogP contribution in [0.4, 0.5) is 17.5 Å². The molecule has 1 fully saturated rings. The molecule has 1 saturated heterocycles. The molecule has 7 nitrogen and oxygen atoms in total. The zero-order chi connectivity index (χ0) is 17.9. The molecule has 2 aromatic rings. The van der Waals surface area contributed by atoms with E-state index in [-0.39, 0.29) is 0 Å². The highest BCUT2D eigenvalue weighted by Crippen LogP contribution is 2.27. The lowest BCUT2D eigenvalue weighted by Crippen LogP contribution is -2.38. The van der Waals surface area contributed by atoms with E-state index in [2.05, 4.69) is 39.8 Å². The second-order valence-electron chi connectivity index (χ2n) is 6.96. The summed E-state index contributed by atoms with van der Waals surface area (Å²) in [5.74, 6) is 1.88. The largest absolute Gasteiger partial charge is 0.378 e. The Bertz CT molecular complexity index is 745. The number of fused-ring (bicyclic) bond motifs is 1. The first-order valence-corrected chi connectivity index (χ1v) is 9.27. The first kappa shape index (κ1) is 17.0. The van der Waals surface area contributed by atoms with Crippen molar-refractivity contribution in [1.82, 2.24) is 15.0 Å². The van der Waals surface area contributed by atoms with Crippen LogP contribution in [0.1, 0.15) is 11.3 Å². The van der Waals surface area contributed by atoms with Gasteiger partial charge in [0.15, 0.2) is 0 Å². The zero-order valence-electron chi connectivity index (χ0n) is 15.6. The molecule has 4 rings (SSSR count). The quantitative estimate of drug-likeness (QED) is 0.825. The zero-order valence-corrected chi connectivity index (χ0v) is 15.6. The predicted octanol–water partition coefficient (Wildman–Crippen LogP) is 1.38. The van der Waals surface area contributed by atoms with Gasteiger partial charge in [-0.25, -0.2) is 4.98 Å². The summed E-state index contributed by atoms with van der Waals surface area (Å²) < 4.78 is 5.47. The molecule has 0 N–H and O–H groups in total. The Balaban J connectivity index is 1.64. The maximum absolute atomic E-state index is 5.47. The summed E-state index contributed by atoms with van der Waals surface area (Å²) in [4.78, 5) is 20.9. The van der Waals surface area contributed by atoms with Crippen molar-refractivity contribution in [2.24, 2.45) is 0 Å². The molecule has 0 bridgehead atoms. The molecule has 0 aromatic carbocycles. The van der Waals surface area contributed by atoms with E-state index in [0.717, 1.165) is 64.0 Å². The van der Waals surface area contributed by atoms with Crippen molar-refractivity contribution in [3.8, 4) is 0 Å². The van der Waals surface area contributed by atoms with Crippen molar-refractivity contribution in [2.75, 3.05) is 68.2 Å². The fourth-order valence-corrected chi connectivity index (χ4v) is 3.64. The Hall–Kier alpha value is -2.41. The van der Waals surface area contributed by atoms with Crippen LogP contribution in [0.25, 0.3) is 0 Å². The molecule has 0 unspecified atom stereocenters. The van der Waals surface area contributed by atoms with Gasteiger partial charge in [-0.05, 0) is 18.6 Å². The third-order valence-corrected chi connectivity index (χ3v) is 5.04. The van der Waals surface area contributed by atoms with Gasteiger partial charge in [-0.15, -0.1) is 0 Å². The Labute approximate surface area is 154 Å². The van der Waals surface area contributed by atoms with Crippen molar-refractivity contribution in [2.45, 2.75) is 12.8 Å². The van der Waals surface area contributed by atoms with Crippen molar-refractivity contribution in [3.63, 3.8) is 0 Å². The number of aromatic nitrogens is 3. The van der Waals surface area contributed by atoms with Gasteiger partial charge in [0.1, 0.15) is 5.82 Å². The number of hydrogen-bond acceptors (Lipinski definition) is 7. The summed E-state index contributed by atoms with van der Waals surface area (Å²) in [6.07, 6.45) is 5.63. The van der Waals surface area contributed by atoms with Gasteiger partial charge in [-0.2, -0.15) is 4.98 Å². The van der Waals surface area contributed by atoms with Crippen molar-refractivity contribution in [3.05, 3.63) is 35.8 Å². The number of ether oxygens (including phenoxy) is 1. The highest BCUT2D eigenvalue weighted by Gasteiger charge is 2.23. The summed E-state index contributed by atoms with van der Waals surface area (Å²) in [5.41, 5.74) is 3.63.